The molecule has 0 radical (unpaired) electrons. The lowest BCUT2D eigenvalue weighted by atomic mass is 11.7. The molecule has 0 fully saturated rings. The van der Waals surface area contributed by atoms with Crippen LogP contribution in [-0.4, -0.2) is 4.66 Å². The van der Waals surface area contributed by atoms with Gasteiger partial charge in [0.1, 0.15) is 0 Å². The summed E-state index contributed by atoms with van der Waals surface area (Å²) in [6.45, 7) is -3.13. The van der Waals surface area contributed by atoms with Crippen molar-refractivity contribution in [2.24, 2.45) is 0 Å². The molecule has 0 aliphatic rings. The Morgan fingerprint density at radius 2 is 1.21 bits per heavy atom. The Morgan fingerprint density at radius 1 is 0.929 bits per heavy atom. The van der Waals surface area contributed by atoms with Gasteiger partial charge in [-0.15, -0.1) is 0 Å². The summed E-state index contributed by atoms with van der Waals surface area (Å²) in [4.78, 5) is 0. The zero-order valence-electron chi connectivity index (χ0n) is 5.73. The van der Waals surface area contributed by atoms with Crippen LogP contribution in [0, 0.1) is 0 Å². The average molecular weight is 650 g/mol. The zero-order chi connectivity index (χ0) is 11.6. The van der Waals surface area contributed by atoms with Crippen LogP contribution in [0.2, 0.25) is 0 Å². The van der Waals surface area contributed by atoms with Gasteiger partial charge in [-0.3, -0.25) is 9.05 Å². The van der Waals surface area contributed by atoms with E-state index in [0.29, 0.717) is 0 Å². The van der Waals surface area contributed by atoms with Crippen LogP contribution >= 0.6 is 114 Å². The molecule has 0 spiro atoms. The summed E-state index contributed by atoms with van der Waals surface area (Å²) in [5.41, 5.74) is 0. The maximum absolute atomic E-state index is 5.19. The van der Waals surface area contributed by atoms with Gasteiger partial charge in [0.05, 0.1) is 11.9 Å². The Hall–Kier alpha value is 3.70. The van der Waals surface area contributed by atoms with E-state index in [4.69, 9.17) is 32.7 Å². The second-order valence-electron chi connectivity index (χ2n) is 1.59. The lowest BCUT2D eigenvalue weighted by molar-refractivity contribution is 0.233. The largest absolute Gasteiger partial charge is 0.349 e. The summed E-state index contributed by atoms with van der Waals surface area (Å²) < 4.78 is 12.7. The molecular weight excluding hydrogens is 650 g/mol. The SMILES string of the molecule is S=P(OCl)(OC(Br)(Br)Br)OC(Br)(Br)Br. The van der Waals surface area contributed by atoms with Crippen molar-refractivity contribution in [2.45, 2.75) is 4.66 Å². The van der Waals surface area contributed by atoms with Crippen LogP contribution in [-0.2, 0) is 24.9 Å². The van der Waals surface area contributed by atoms with Crippen LogP contribution in [0.5, 0.6) is 0 Å². The van der Waals surface area contributed by atoms with E-state index in [-0.39, 0.29) is 0 Å². The third-order valence-corrected chi connectivity index (χ3v) is 5.61. The first-order chi connectivity index (χ1) is 5.97. The van der Waals surface area contributed by atoms with Crippen molar-refractivity contribution in [3.05, 3.63) is 0 Å². The van der Waals surface area contributed by atoms with Gasteiger partial charge in [-0.1, -0.05) is 0 Å². The second-order valence-corrected chi connectivity index (χ2v) is 17.8. The third kappa shape index (κ3) is 9.70. The molecule has 0 saturated carbocycles. The maximum atomic E-state index is 5.19. The van der Waals surface area contributed by atoms with Gasteiger partial charge in [0, 0.05) is 0 Å². The van der Waals surface area contributed by atoms with Crippen molar-refractivity contribution in [2.75, 3.05) is 0 Å². The molecule has 0 rings (SSSR count). The van der Waals surface area contributed by atoms with E-state index >= 15 is 0 Å². The number of hydrogen-bond acceptors (Lipinski definition) is 4. The molecule has 0 aromatic heterocycles. The molecule has 0 amide bonds. The van der Waals surface area contributed by atoms with Gasteiger partial charge in [0.2, 0.25) is 4.66 Å². The highest BCUT2D eigenvalue weighted by atomic mass is 80.0. The molecule has 3 nitrogen and oxygen atoms in total. The minimum absolute atomic E-state index is 1.06. The minimum Gasteiger partial charge on any atom is -0.268 e. The van der Waals surface area contributed by atoms with Crippen LogP contribution in [0.4, 0.5) is 0 Å². The smallest absolute Gasteiger partial charge is 0.268 e. The summed E-state index contributed by atoms with van der Waals surface area (Å²) in [5, 5.41) is 0. The number of rotatable bonds is 3. The summed E-state index contributed by atoms with van der Waals surface area (Å²) >= 11 is 28.5. The van der Waals surface area contributed by atoms with E-state index in [1.807, 2.05) is 0 Å². The highest BCUT2D eigenvalue weighted by Gasteiger charge is 2.38. The van der Waals surface area contributed by atoms with Gasteiger partial charge in [-0.25, -0.2) is 0 Å². The number of alkyl halides is 6. The molecule has 0 aliphatic carbocycles. The Labute approximate surface area is 142 Å². The van der Waals surface area contributed by atoms with Gasteiger partial charge < -0.3 is 0 Å². The van der Waals surface area contributed by atoms with Crippen molar-refractivity contribution in [1.82, 2.24) is 0 Å². The summed E-state index contributed by atoms with van der Waals surface area (Å²) in [5.74, 6) is 0. The monoisotopic (exact) mass is 643 g/mol. The number of hydrogen-bond donors (Lipinski definition) is 0. The lowest BCUT2D eigenvalue weighted by Crippen LogP contribution is -2.11. The van der Waals surface area contributed by atoms with E-state index in [9.17, 15) is 0 Å². The Morgan fingerprint density at radius 3 is 1.36 bits per heavy atom. The van der Waals surface area contributed by atoms with E-state index in [0.717, 1.165) is 0 Å². The fourth-order valence-electron chi connectivity index (χ4n) is 0.300. The summed E-state index contributed by atoms with van der Waals surface area (Å²) in [6, 6.07) is 0. The van der Waals surface area contributed by atoms with Gasteiger partial charge in [-0.2, -0.15) is 4.08 Å². The normalized spacial score (nSPS) is 14.5. The second kappa shape index (κ2) is 6.75. The Bertz CT molecular complexity index is 218. The molecule has 86 valence electrons. The Kier molecular flexibility index (Phi) is 8.53. The topological polar surface area (TPSA) is 27.7 Å². The quantitative estimate of drug-likeness (QED) is 0.277. The molecule has 0 aliphatic heterocycles. The molecule has 14 heavy (non-hydrogen) atoms. The third-order valence-electron chi connectivity index (χ3n) is 0.515. The highest BCUT2D eigenvalue weighted by molar-refractivity contribution is 9.39. The van der Waals surface area contributed by atoms with Crippen molar-refractivity contribution in [3.63, 3.8) is 0 Å². The molecule has 12 heteroatoms. The van der Waals surface area contributed by atoms with Crippen LogP contribution in [0.15, 0.2) is 0 Å². The van der Waals surface area contributed by atoms with Crippen LogP contribution in [0.1, 0.15) is 0 Å². The average Bonchev–Trinajstić information content (AvgIpc) is 1.78. The maximum Gasteiger partial charge on any atom is 0.349 e. The highest BCUT2D eigenvalue weighted by Crippen LogP contribution is 2.63. The molecule has 0 aromatic carbocycles. The molecule has 0 saturated heterocycles. The van der Waals surface area contributed by atoms with E-state index in [1.165, 1.54) is 0 Å². The van der Waals surface area contributed by atoms with Gasteiger partial charge in [-0.05, 0) is 107 Å². The van der Waals surface area contributed by atoms with Crippen LogP contribution in [0.3, 0.4) is 0 Å². The zero-order valence-corrected chi connectivity index (χ0v) is 17.7. The molecule has 0 unspecified atom stereocenters. The van der Waals surface area contributed by atoms with Crippen molar-refractivity contribution < 1.29 is 13.1 Å². The van der Waals surface area contributed by atoms with Crippen LogP contribution in [0.25, 0.3) is 0 Å². The van der Waals surface area contributed by atoms with Gasteiger partial charge in [0.15, 0.2) is 0 Å². The van der Waals surface area contributed by atoms with Crippen molar-refractivity contribution >= 4 is 126 Å². The number of halogens is 7. The van der Waals surface area contributed by atoms with Gasteiger partial charge >= 0.3 is 6.72 Å². The predicted octanol–water partition coefficient (Wildman–Crippen LogP) is 6.01. The summed E-state index contributed by atoms with van der Waals surface area (Å²) in [6.07, 6.45) is 0. The molecule has 0 heterocycles. The van der Waals surface area contributed by atoms with Crippen molar-refractivity contribution in [3.8, 4) is 0 Å². The lowest BCUT2D eigenvalue weighted by Gasteiger charge is -2.26. The molecule has 0 N–H and O–H groups in total. The first kappa shape index (κ1) is 17.7. The standard InChI is InChI=1S/C2Br6ClO3PS/c3-1(4,5)10-13(14,12-9)11-2(6,7)8. The first-order valence-electron chi connectivity index (χ1n) is 2.43. The van der Waals surface area contributed by atoms with Crippen LogP contribution < -0.4 is 0 Å². The van der Waals surface area contributed by atoms with E-state index < -0.39 is 11.4 Å². The van der Waals surface area contributed by atoms with Crippen molar-refractivity contribution in [1.29, 1.82) is 0 Å². The summed E-state index contributed by atoms with van der Waals surface area (Å²) in [7, 11) is 0. The minimum atomic E-state index is -3.13. The predicted molar refractivity (Wildman–Crippen MR) is 82.4 cm³/mol. The molecular formula is C2Br6ClO3PS. The fourth-order valence-corrected chi connectivity index (χ4v) is 6.90. The molecule has 0 bridgehead atoms. The Balaban J connectivity index is 4.59. The first-order valence-corrected chi connectivity index (χ1v) is 10.0. The molecule has 0 atom stereocenters. The fraction of sp³-hybridized carbons (Fsp3) is 1.00. The van der Waals surface area contributed by atoms with E-state index in [1.54, 1.807) is 0 Å². The van der Waals surface area contributed by atoms with Gasteiger partial charge in [0.25, 0.3) is 0 Å². The van der Waals surface area contributed by atoms with E-state index in [2.05, 4.69) is 99.7 Å². The molecule has 0 aromatic rings.